The van der Waals surface area contributed by atoms with Gasteiger partial charge in [-0.25, -0.2) is 0 Å². The summed E-state index contributed by atoms with van der Waals surface area (Å²) < 4.78 is 4.60. The van der Waals surface area contributed by atoms with E-state index in [9.17, 15) is 9.59 Å². The molecule has 0 rings (SSSR count). The molecule has 12 heteroatoms. The summed E-state index contributed by atoms with van der Waals surface area (Å²) in [5.74, 6) is -1.03. The van der Waals surface area contributed by atoms with E-state index in [-0.39, 0.29) is 18.8 Å². The molecule has 0 spiro atoms. The Bertz CT molecular complexity index is 388. The van der Waals surface area contributed by atoms with Crippen LogP contribution in [0.2, 0.25) is 0 Å². The Kier molecular flexibility index (Phi) is 14.5. The number of aliphatic hydroxyl groups excluding tert-OH is 8. The number of carbonyl (C=O) groups is 2. The van der Waals surface area contributed by atoms with Crippen molar-refractivity contribution >= 4 is 11.8 Å². The summed E-state index contributed by atoms with van der Waals surface area (Å²) in [4.78, 5) is 21.4. The van der Waals surface area contributed by atoms with Crippen molar-refractivity contribution in [1.29, 1.82) is 0 Å². The van der Waals surface area contributed by atoms with Crippen LogP contribution in [0.1, 0.15) is 13.3 Å². The van der Waals surface area contributed by atoms with E-state index >= 15 is 0 Å². The minimum atomic E-state index is -1.67. The van der Waals surface area contributed by atoms with Gasteiger partial charge in [0.25, 0.3) is 0 Å². The van der Waals surface area contributed by atoms with Crippen molar-refractivity contribution in [3.8, 4) is 0 Å². The van der Waals surface area contributed by atoms with E-state index in [0.29, 0.717) is 0 Å². The van der Waals surface area contributed by atoms with Crippen LogP contribution in [0.15, 0.2) is 0 Å². The van der Waals surface area contributed by atoms with Gasteiger partial charge in [-0.15, -0.1) is 0 Å². The first-order valence-corrected chi connectivity index (χ1v) is 7.57. The van der Waals surface area contributed by atoms with Crippen LogP contribution >= 0.6 is 0 Å². The molecule has 0 heterocycles. The summed E-state index contributed by atoms with van der Waals surface area (Å²) in [6.07, 6.45) is -6.72. The minimum absolute atomic E-state index is 0.313. The summed E-state index contributed by atoms with van der Waals surface area (Å²) in [7, 11) is 0. The first kappa shape index (κ1) is 27.0. The molecule has 0 radical (unpaired) electrons. The highest BCUT2D eigenvalue weighted by molar-refractivity contribution is 5.94. The number of ether oxygens (including phenoxy) is 1. The number of Topliss-reactive ketones (excluding diaryl/α,β-unsaturated/α-hetero) is 1. The van der Waals surface area contributed by atoms with Crippen molar-refractivity contribution in [2.75, 3.05) is 33.0 Å². The number of rotatable bonds is 11. The monoisotopic (exact) mass is 387 g/mol. The molecule has 0 aromatic carbocycles. The molecule has 0 fully saturated rings. The van der Waals surface area contributed by atoms with Crippen LogP contribution in [0.4, 0.5) is 0 Å². The molecule has 0 aliphatic heterocycles. The number of aliphatic hydroxyl groups is 8. The van der Waals surface area contributed by atoms with Crippen LogP contribution in [0, 0.1) is 0 Å². The average molecular weight is 387 g/mol. The number of nitrogens with two attached hydrogens (primary N) is 1. The third-order valence-electron chi connectivity index (χ3n) is 3.06. The van der Waals surface area contributed by atoms with E-state index in [2.05, 4.69) is 4.74 Å². The van der Waals surface area contributed by atoms with Crippen molar-refractivity contribution in [2.24, 2.45) is 5.73 Å². The van der Waals surface area contributed by atoms with Crippen molar-refractivity contribution < 1.29 is 55.2 Å². The minimum Gasteiger partial charge on any atom is -0.463 e. The quantitative estimate of drug-likeness (QED) is 0.119. The fourth-order valence-corrected chi connectivity index (χ4v) is 1.29. The molecule has 156 valence electrons. The summed E-state index contributed by atoms with van der Waals surface area (Å²) in [6.45, 7) is -1.51. The normalized spacial score (nSPS) is 15.9. The topological polar surface area (TPSA) is 231 Å². The number of hydrogen-bond acceptors (Lipinski definition) is 12. The highest BCUT2D eigenvalue weighted by atomic mass is 16.5. The Morgan fingerprint density at radius 2 is 1.31 bits per heavy atom. The van der Waals surface area contributed by atoms with Crippen LogP contribution in [0.5, 0.6) is 0 Å². The molecular weight excluding hydrogens is 358 g/mol. The molecule has 26 heavy (non-hydrogen) atoms. The molecule has 12 nitrogen and oxygen atoms in total. The average Bonchev–Trinajstić information content (AvgIpc) is 2.63. The summed E-state index contributed by atoms with van der Waals surface area (Å²) >= 11 is 0. The zero-order valence-corrected chi connectivity index (χ0v) is 14.4. The van der Waals surface area contributed by atoms with Crippen LogP contribution in [-0.2, 0) is 14.3 Å². The van der Waals surface area contributed by atoms with Gasteiger partial charge in [0.15, 0.2) is 0 Å². The van der Waals surface area contributed by atoms with Gasteiger partial charge in [0, 0.05) is 0 Å². The molecule has 0 unspecified atom stereocenters. The Labute approximate surface area is 150 Å². The van der Waals surface area contributed by atoms with Crippen molar-refractivity contribution in [3.05, 3.63) is 0 Å². The zero-order chi connectivity index (χ0) is 20.9. The SMILES string of the molecule is CC(=O)CC(=O)OCC(N)(CO)CO.OC[C@@H](O)[C@@H](O)[C@H](O)[C@@H](O)CO. The second-order valence-electron chi connectivity index (χ2n) is 5.70. The Morgan fingerprint density at radius 3 is 1.58 bits per heavy atom. The van der Waals surface area contributed by atoms with E-state index < -0.39 is 62.4 Å². The largest absolute Gasteiger partial charge is 0.463 e. The predicted molar refractivity (Wildman–Crippen MR) is 85.5 cm³/mol. The highest BCUT2D eigenvalue weighted by Gasteiger charge is 2.29. The Balaban J connectivity index is 0. The van der Waals surface area contributed by atoms with Crippen LogP contribution < -0.4 is 5.73 Å². The molecule has 0 aliphatic rings. The first-order chi connectivity index (χ1) is 12.0. The summed E-state index contributed by atoms with van der Waals surface area (Å²) in [5.41, 5.74) is 4.07. The van der Waals surface area contributed by atoms with Gasteiger partial charge in [-0.3, -0.25) is 9.59 Å². The van der Waals surface area contributed by atoms with Gasteiger partial charge in [-0.2, -0.15) is 0 Å². The fourth-order valence-electron chi connectivity index (χ4n) is 1.29. The molecule has 0 saturated heterocycles. The fraction of sp³-hybridized carbons (Fsp3) is 0.857. The zero-order valence-electron chi connectivity index (χ0n) is 14.4. The number of hydrogen-bond donors (Lipinski definition) is 9. The Morgan fingerprint density at radius 1 is 0.923 bits per heavy atom. The lowest BCUT2D eigenvalue weighted by Crippen LogP contribution is -2.51. The van der Waals surface area contributed by atoms with Crippen molar-refractivity contribution in [1.82, 2.24) is 0 Å². The summed E-state index contributed by atoms with van der Waals surface area (Å²) in [5, 5.41) is 69.7. The van der Waals surface area contributed by atoms with E-state index in [1.54, 1.807) is 0 Å². The first-order valence-electron chi connectivity index (χ1n) is 7.57. The number of esters is 1. The van der Waals surface area contributed by atoms with Gasteiger partial charge < -0.3 is 51.3 Å². The van der Waals surface area contributed by atoms with E-state index in [1.807, 2.05) is 0 Å². The van der Waals surface area contributed by atoms with Crippen molar-refractivity contribution in [2.45, 2.75) is 43.3 Å². The third-order valence-corrected chi connectivity index (χ3v) is 3.06. The maximum absolute atomic E-state index is 10.9. The second-order valence-corrected chi connectivity index (χ2v) is 5.70. The smallest absolute Gasteiger partial charge is 0.313 e. The number of carbonyl (C=O) groups excluding carboxylic acids is 2. The maximum atomic E-state index is 10.9. The van der Waals surface area contributed by atoms with Crippen LogP contribution in [0.3, 0.4) is 0 Å². The van der Waals surface area contributed by atoms with Gasteiger partial charge >= 0.3 is 5.97 Å². The molecule has 0 aromatic rings. The lowest BCUT2D eigenvalue weighted by atomic mass is 10.0. The molecular formula is C14H29NO11. The Hall–Kier alpha value is -1.22. The van der Waals surface area contributed by atoms with Gasteiger partial charge in [0.1, 0.15) is 43.2 Å². The molecule has 4 atom stereocenters. The molecule has 0 saturated carbocycles. The lowest BCUT2D eigenvalue weighted by molar-refractivity contribution is -0.148. The van der Waals surface area contributed by atoms with Gasteiger partial charge in [0.05, 0.1) is 32.0 Å². The van der Waals surface area contributed by atoms with Crippen LogP contribution in [0.25, 0.3) is 0 Å². The molecule has 0 aliphatic carbocycles. The third kappa shape index (κ3) is 11.4. The van der Waals surface area contributed by atoms with Gasteiger partial charge in [-0.05, 0) is 6.92 Å². The van der Waals surface area contributed by atoms with Crippen LogP contribution in [-0.4, -0.2) is 116 Å². The lowest BCUT2D eigenvalue weighted by Gasteiger charge is -2.24. The standard InChI is InChI=1S/C8H15NO5.C6H14O6/c1-6(12)2-7(13)14-5-8(9,3-10)4-11;7-1-3(9)5(11)6(12)4(10)2-8/h10-11H,2-5,9H2,1H3;3-12H,1-2H2/t;3-,4+,5-,6-/m.1/s1. The maximum Gasteiger partial charge on any atom is 0.313 e. The molecule has 10 N–H and O–H groups in total. The van der Waals surface area contributed by atoms with Gasteiger partial charge in [0.2, 0.25) is 0 Å². The van der Waals surface area contributed by atoms with Crippen molar-refractivity contribution in [3.63, 3.8) is 0 Å². The molecule has 0 aromatic heterocycles. The van der Waals surface area contributed by atoms with Gasteiger partial charge in [-0.1, -0.05) is 0 Å². The highest BCUT2D eigenvalue weighted by Crippen LogP contribution is 2.04. The predicted octanol–water partition coefficient (Wildman–Crippen LogP) is -5.39. The molecule has 0 amide bonds. The molecule has 0 bridgehead atoms. The van der Waals surface area contributed by atoms with E-state index in [0.717, 1.165) is 0 Å². The second kappa shape index (κ2) is 13.9. The number of ketones is 1. The van der Waals surface area contributed by atoms with E-state index in [1.165, 1.54) is 6.92 Å². The van der Waals surface area contributed by atoms with E-state index in [4.69, 9.17) is 46.6 Å². The summed E-state index contributed by atoms with van der Waals surface area (Å²) in [6, 6.07) is 0.